The van der Waals surface area contributed by atoms with Crippen LogP contribution >= 0.6 is 0 Å². The van der Waals surface area contributed by atoms with Crippen LogP contribution in [0.15, 0.2) is 36.5 Å². The average Bonchev–Trinajstić information content (AvgIpc) is 3.32. The molecule has 394 valence electrons. The van der Waals surface area contributed by atoms with Crippen molar-refractivity contribution in [2.45, 2.75) is 334 Å². The molecule has 0 aromatic rings. The number of unbranched alkanes of at least 4 members (excludes halogenated alkanes) is 36. The Bertz CT molecular complexity index is 1100. The number of carbonyl (C=O) groups is 2. The summed E-state index contributed by atoms with van der Waals surface area (Å²) in [5.74, 6) is -0.482. The lowest BCUT2D eigenvalue weighted by molar-refractivity contribution is -0.151. The van der Waals surface area contributed by atoms with E-state index in [0.717, 1.165) is 77.0 Å². The molecule has 67 heavy (non-hydrogen) atoms. The molecule has 0 aliphatic carbocycles. The molecule has 0 aliphatic heterocycles. The first-order valence-corrected chi connectivity index (χ1v) is 29.7. The standard InChI is InChI=1S/C61H115NO5/c1-4-7-10-13-16-19-22-25-28-30-32-34-37-40-43-46-49-52-57(67-61(66)54-51-48-45-42-39-36-27-24-21-18-15-12-9-6-3)55-60(65)62-58(56-63)59(64)53-50-47-44-41-38-35-33-31-29-26-23-20-17-14-11-8-5-2/h9,12,18,21,27,36,57-59,63-64H,4-8,10-11,13-17,19-20,22-26,28-35,37-56H2,1-3H3,(H,62,65)/b12-9+,21-18+,36-27+. The second-order valence-electron chi connectivity index (χ2n) is 20.4. The smallest absolute Gasteiger partial charge is 0.306 e. The maximum absolute atomic E-state index is 13.3. The van der Waals surface area contributed by atoms with Gasteiger partial charge < -0.3 is 20.3 Å². The van der Waals surface area contributed by atoms with E-state index in [4.69, 9.17) is 4.74 Å². The van der Waals surface area contributed by atoms with Crippen LogP contribution in [0.1, 0.15) is 316 Å². The monoisotopic (exact) mass is 942 g/mol. The van der Waals surface area contributed by atoms with Gasteiger partial charge in [-0.15, -0.1) is 0 Å². The number of nitrogens with one attached hydrogen (secondary N) is 1. The number of hydrogen-bond donors (Lipinski definition) is 3. The van der Waals surface area contributed by atoms with E-state index in [1.54, 1.807) is 0 Å². The Kier molecular flexibility index (Phi) is 53.4. The number of ether oxygens (including phenoxy) is 1. The highest BCUT2D eigenvalue weighted by Crippen LogP contribution is 2.19. The summed E-state index contributed by atoms with van der Waals surface area (Å²) in [5, 5.41) is 23.9. The zero-order valence-electron chi connectivity index (χ0n) is 45.0. The summed E-state index contributed by atoms with van der Waals surface area (Å²) >= 11 is 0. The molecule has 0 bridgehead atoms. The van der Waals surface area contributed by atoms with Gasteiger partial charge in [-0.2, -0.15) is 0 Å². The maximum Gasteiger partial charge on any atom is 0.306 e. The highest BCUT2D eigenvalue weighted by molar-refractivity contribution is 5.77. The number of aliphatic hydroxyl groups is 2. The number of carbonyl (C=O) groups excluding carboxylic acids is 2. The van der Waals surface area contributed by atoms with E-state index in [9.17, 15) is 19.8 Å². The molecule has 3 atom stereocenters. The Morgan fingerprint density at radius 1 is 0.448 bits per heavy atom. The molecule has 3 N–H and O–H groups in total. The van der Waals surface area contributed by atoms with Crippen molar-refractivity contribution in [1.82, 2.24) is 5.32 Å². The van der Waals surface area contributed by atoms with E-state index < -0.39 is 18.2 Å². The van der Waals surface area contributed by atoms with E-state index >= 15 is 0 Å². The predicted molar refractivity (Wildman–Crippen MR) is 292 cm³/mol. The molecule has 6 heteroatoms. The number of hydrogen-bond acceptors (Lipinski definition) is 5. The summed E-state index contributed by atoms with van der Waals surface area (Å²) in [5.41, 5.74) is 0. The number of rotatable bonds is 54. The second-order valence-corrected chi connectivity index (χ2v) is 20.4. The van der Waals surface area contributed by atoms with Crippen LogP contribution in [-0.2, 0) is 14.3 Å². The Hall–Kier alpha value is -1.92. The lowest BCUT2D eigenvalue weighted by Crippen LogP contribution is -2.46. The van der Waals surface area contributed by atoms with Crippen molar-refractivity contribution in [3.05, 3.63) is 36.5 Å². The van der Waals surface area contributed by atoms with E-state index in [-0.39, 0.29) is 24.9 Å². The minimum atomic E-state index is -0.790. The molecular formula is C61H115NO5. The maximum atomic E-state index is 13.3. The summed E-state index contributed by atoms with van der Waals surface area (Å²) in [6, 6.07) is -0.704. The summed E-state index contributed by atoms with van der Waals surface area (Å²) < 4.78 is 5.96. The molecule has 0 fully saturated rings. The molecule has 0 aromatic heterocycles. The van der Waals surface area contributed by atoms with Crippen LogP contribution in [0.4, 0.5) is 0 Å². The van der Waals surface area contributed by atoms with Gasteiger partial charge in [-0.3, -0.25) is 9.59 Å². The summed E-state index contributed by atoms with van der Waals surface area (Å²) in [4.78, 5) is 26.3. The molecule has 0 saturated carbocycles. The number of esters is 1. The third kappa shape index (κ3) is 50.3. The van der Waals surface area contributed by atoms with Crippen molar-refractivity contribution in [3.63, 3.8) is 0 Å². The Labute approximate surface area is 417 Å². The third-order valence-electron chi connectivity index (χ3n) is 13.7. The lowest BCUT2D eigenvalue weighted by atomic mass is 10.0. The average molecular weight is 943 g/mol. The van der Waals surface area contributed by atoms with E-state index in [1.165, 1.54) is 193 Å². The van der Waals surface area contributed by atoms with Crippen molar-refractivity contribution in [2.75, 3.05) is 6.61 Å². The zero-order chi connectivity index (χ0) is 48.8. The van der Waals surface area contributed by atoms with Gasteiger partial charge in [0.15, 0.2) is 0 Å². The van der Waals surface area contributed by atoms with Gasteiger partial charge in [-0.05, 0) is 57.8 Å². The molecule has 0 saturated heterocycles. The van der Waals surface area contributed by atoms with E-state index in [2.05, 4.69) is 62.5 Å². The molecule has 0 heterocycles. The van der Waals surface area contributed by atoms with Crippen molar-refractivity contribution in [3.8, 4) is 0 Å². The molecule has 0 aromatic carbocycles. The van der Waals surface area contributed by atoms with Gasteiger partial charge in [0.2, 0.25) is 5.91 Å². The first-order valence-electron chi connectivity index (χ1n) is 29.7. The van der Waals surface area contributed by atoms with Crippen molar-refractivity contribution in [2.24, 2.45) is 0 Å². The second kappa shape index (κ2) is 55.0. The van der Waals surface area contributed by atoms with Gasteiger partial charge in [-0.1, -0.05) is 282 Å². The lowest BCUT2D eigenvalue weighted by Gasteiger charge is -2.24. The van der Waals surface area contributed by atoms with Gasteiger partial charge in [0.25, 0.3) is 0 Å². The fourth-order valence-corrected chi connectivity index (χ4v) is 9.27. The first-order chi connectivity index (χ1) is 33.0. The number of allylic oxidation sites excluding steroid dienone is 6. The van der Waals surface area contributed by atoms with Crippen molar-refractivity contribution in [1.29, 1.82) is 0 Å². The van der Waals surface area contributed by atoms with Gasteiger partial charge in [0.1, 0.15) is 6.10 Å². The summed E-state index contributed by atoms with van der Waals surface area (Å²) in [6.07, 6.45) is 66.4. The Morgan fingerprint density at radius 2 is 0.806 bits per heavy atom. The van der Waals surface area contributed by atoms with Crippen molar-refractivity contribution < 1.29 is 24.5 Å². The fourth-order valence-electron chi connectivity index (χ4n) is 9.27. The Balaban J connectivity index is 4.52. The van der Waals surface area contributed by atoms with Crippen LogP contribution in [0.5, 0.6) is 0 Å². The topological polar surface area (TPSA) is 95.9 Å². The van der Waals surface area contributed by atoms with Crippen LogP contribution in [0.25, 0.3) is 0 Å². The molecule has 1 amide bonds. The number of amides is 1. The molecule has 6 nitrogen and oxygen atoms in total. The van der Waals surface area contributed by atoms with Gasteiger partial charge in [-0.25, -0.2) is 0 Å². The molecule has 0 spiro atoms. The minimum absolute atomic E-state index is 0.0733. The van der Waals surface area contributed by atoms with Crippen molar-refractivity contribution >= 4 is 11.9 Å². The number of aliphatic hydroxyl groups excluding tert-OH is 2. The van der Waals surface area contributed by atoms with Crippen LogP contribution < -0.4 is 5.32 Å². The zero-order valence-corrected chi connectivity index (χ0v) is 45.0. The highest BCUT2D eigenvalue weighted by Gasteiger charge is 2.24. The minimum Gasteiger partial charge on any atom is -0.462 e. The van der Waals surface area contributed by atoms with Crippen LogP contribution in [-0.4, -0.2) is 46.9 Å². The van der Waals surface area contributed by atoms with Crippen LogP contribution in [0.3, 0.4) is 0 Å². The van der Waals surface area contributed by atoms with E-state index in [0.29, 0.717) is 19.3 Å². The fraction of sp³-hybridized carbons (Fsp3) is 0.869. The quantitative estimate of drug-likeness (QED) is 0.0321. The molecule has 0 aliphatic rings. The van der Waals surface area contributed by atoms with E-state index in [1.807, 2.05) is 0 Å². The first kappa shape index (κ1) is 65.1. The summed E-state index contributed by atoms with van der Waals surface area (Å²) in [6.45, 7) is 6.41. The van der Waals surface area contributed by atoms with Gasteiger partial charge in [0, 0.05) is 6.42 Å². The van der Waals surface area contributed by atoms with Gasteiger partial charge >= 0.3 is 5.97 Å². The molecule has 3 unspecified atom stereocenters. The predicted octanol–water partition coefficient (Wildman–Crippen LogP) is 18.4. The third-order valence-corrected chi connectivity index (χ3v) is 13.7. The SMILES string of the molecule is CC/C=C/C/C=C/C/C=C/CCCCCCC(=O)OC(CCCCCCCCCCCCCCCCCCC)CC(=O)NC(CO)C(O)CCCCCCCCCCCCCCCCCCC. The van der Waals surface area contributed by atoms with Crippen LogP contribution in [0.2, 0.25) is 0 Å². The molecule has 0 rings (SSSR count). The molecule has 0 radical (unpaired) electrons. The Morgan fingerprint density at radius 3 is 1.22 bits per heavy atom. The highest BCUT2D eigenvalue weighted by atomic mass is 16.5. The van der Waals surface area contributed by atoms with Crippen LogP contribution in [0, 0.1) is 0 Å². The van der Waals surface area contributed by atoms with Gasteiger partial charge in [0.05, 0.1) is 25.2 Å². The molecular weight excluding hydrogens is 827 g/mol. The largest absolute Gasteiger partial charge is 0.462 e. The normalized spacial score (nSPS) is 13.3. The summed E-state index contributed by atoms with van der Waals surface area (Å²) in [7, 11) is 0.